The van der Waals surface area contributed by atoms with E-state index in [4.69, 9.17) is 4.74 Å². The number of anilines is 1. The first-order valence-electron chi connectivity index (χ1n) is 8.30. The van der Waals surface area contributed by atoms with Gasteiger partial charge in [0, 0.05) is 26.2 Å². The maximum Gasteiger partial charge on any atom is 0.410 e. The molecule has 1 aliphatic rings. The molecule has 0 bridgehead atoms. The maximum atomic E-state index is 12.2. The van der Waals surface area contributed by atoms with E-state index in [1.807, 2.05) is 41.7 Å². The van der Waals surface area contributed by atoms with E-state index in [-0.39, 0.29) is 12.1 Å². The normalized spacial score (nSPS) is 16.2. The predicted octanol–water partition coefficient (Wildman–Crippen LogP) is 3.69. The van der Waals surface area contributed by atoms with Crippen molar-refractivity contribution in [3.8, 4) is 0 Å². The highest BCUT2D eigenvalue weighted by Crippen LogP contribution is 2.24. The number of piperidine rings is 1. The van der Waals surface area contributed by atoms with Crippen LogP contribution in [-0.4, -0.2) is 52.7 Å². The summed E-state index contributed by atoms with van der Waals surface area (Å²) in [6, 6.07) is 0.189. The zero-order valence-electron chi connectivity index (χ0n) is 15.4. The smallest absolute Gasteiger partial charge is 0.410 e. The maximum absolute atomic E-state index is 12.2. The Morgan fingerprint density at radius 1 is 1.21 bits per heavy atom. The van der Waals surface area contributed by atoms with Gasteiger partial charge in [-0.25, -0.2) is 14.8 Å². The van der Waals surface area contributed by atoms with Gasteiger partial charge in [-0.1, -0.05) is 0 Å². The van der Waals surface area contributed by atoms with Crippen molar-refractivity contribution >= 4 is 28.0 Å². The zero-order valence-corrected chi connectivity index (χ0v) is 17.0. The van der Waals surface area contributed by atoms with Crippen LogP contribution in [0.1, 0.15) is 45.0 Å². The highest BCUT2D eigenvalue weighted by molar-refractivity contribution is 9.10. The molecule has 1 aliphatic heterocycles. The number of hydrogen-bond donors (Lipinski definition) is 0. The van der Waals surface area contributed by atoms with Gasteiger partial charge in [-0.3, -0.25) is 0 Å². The van der Waals surface area contributed by atoms with Crippen LogP contribution in [0.2, 0.25) is 0 Å². The lowest BCUT2D eigenvalue weighted by Crippen LogP contribution is -2.47. The minimum atomic E-state index is -0.466. The van der Waals surface area contributed by atoms with Crippen molar-refractivity contribution in [2.24, 2.45) is 0 Å². The van der Waals surface area contributed by atoms with Gasteiger partial charge in [0.15, 0.2) is 0 Å². The SMILES string of the molecule is Cc1nc(N2CCC(N(C)C(=O)OC(C)(C)C)CC2)nc(C)c1Br. The summed E-state index contributed by atoms with van der Waals surface area (Å²) in [5.41, 5.74) is 1.43. The third kappa shape index (κ3) is 4.59. The Hall–Kier alpha value is -1.37. The number of aryl methyl sites for hydroxylation is 2. The lowest BCUT2D eigenvalue weighted by molar-refractivity contribution is 0.0200. The summed E-state index contributed by atoms with van der Waals surface area (Å²) in [5.74, 6) is 0.770. The Morgan fingerprint density at radius 2 is 1.71 bits per heavy atom. The molecule has 0 N–H and O–H groups in total. The molecule has 0 aromatic carbocycles. The summed E-state index contributed by atoms with van der Waals surface area (Å²) in [4.78, 5) is 25.3. The Labute approximate surface area is 152 Å². The van der Waals surface area contributed by atoms with E-state index in [1.165, 1.54) is 0 Å². The fourth-order valence-corrected chi connectivity index (χ4v) is 2.94. The number of ether oxygens (including phenoxy) is 1. The fraction of sp³-hybridized carbons (Fsp3) is 0.706. The molecule has 0 saturated carbocycles. The van der Waals surface area contributed by atoms with E-state index in [9.17, 15) is 4.79 Å². The Bertz CT molecular complexity index is 584. The largest absolute Gasteiger partial charge is 0.444 e. The van der Waals surface area contributed by atoms with Crippen LogP contribution in [0.4, 0.5) is 10.7 Å². The molecule has 24 heavy (non-hydrogen) atoms. The van der Waals surface area contributed by atoms with E-state index in [1.54, 1.807) is 4.90 Å². The van der Waals surface area contributed by atoms with Crippen molar-refractivity contribution in [2.75, 3.05) is 25.0 Å². The van der Waals surface area contributed by atoms with Crippen LogP contribution < -0.4 is 4.90 Å². The molecule has 1 aromatic heterocycles. The molecule has 1 amide bonds. The summed E-state index contributed by atoms with van der Waals surface area (Å²) in [5, 5.41) is 0. The average Bonchev–Trinajstić information content (AvgIpc) is 2.50. The highest BCUT2D eigenvalue weighted by Gasteiger charge is 2.29. The van der Waals surface area contributed by atoms with Gasteiger partial charge in [0.2, 0.25) is 5.95 Å². The minimum absolute atomic E-state index is 0.189. The Balaban J connectivity index is 1.97. The van der Waals surface area contributed by atoms with Crippen LogP contribution in [-0.2, 0) is 4.74 Å². The molecule has 134 valence electrons. The van der Waals surface area contributed by atoms with Crippen molar-refractivity contribution < 1.29 is 9.53 Å². The van der Waals surface area contributed by atoms with E-state index in [2.05, 4.69) is 30.8 Å². The van der Waals surface area contributed by atoms with Gasteiger partial charge in [-0.2, -0.15) is 0 Å². The molecular weight excluding hydrogens is 372 g/mol. The predicted molar refractivity (Wildman–Crippen MR) is 98.4 cm³/mol. The Morgan fingerprint density at radius 3 is 2.17 bits per heavy atom. The molecule has 0 spiro atoms. The van der Waals surface area contributed by atoms with Gasteiger partial charge in [0.25, 0.3) is 0 Å². The van der Waals surface area contributed by atoms with Gasteiger partial charge in [-0.05, 0) is 63.4 Å². The molecule has 0 aliphatic carbocycles. The number of rotatable bonds is 2. The molecule has 1 saturated heterocycles. The minimum Gasteiger partial charge on any atom is -0.444 e. The van der Waals surface area contributed by atoms with Gasteiger partial charge < -0.3 is 14.5 Å². The summed E-state index contributed by atoms with van der Waals surface area (Å²) in [6.45, 7) is 11.3. The number of hydrogen-bond acceptors (Lipinski definition) is 5. The second kappa shape index (κ2) is 7.25. The third-order valence-corrected chi connectivity index (χ3v) is 5.29. The molecule has 0 unspecified atom stereocenters. The molecule has 0 radical (unpaired) electrons. The van der Waals surface area contributed by atoms with Gasteiger partial charge in [-0.15, -0.1) is 0 Å². The zero-order chi connectivity index (χ0) is 18.1. The number of carbonyl (C=O) groups excluding carboxylic acids is 1. The topological polar surface area (TPSA) is 58.6 Å². The first kappa shape index (κ1) is 19.0. The molecule has 2 rings (SSSR count). The van der Waals surface area contributed by atoms with E-state index in [0.717, 1.165) is 47.7 Å². The van der Waals surface area contributed by atoms with Crippen molar-refractivity contribution in [1.82, 2.24) is 14.9 Å². The van der Waals surface area contributed by atoms with Crippen LogP contribution in [0, 0.1) is 13.8 Å². The first-order chi connectivity index (χ1) is 11.1. The molecule has 6 nitrogen and oxygen atoms in total. The second-order valence-electron chi connectivity index (χ2n) is 7.32. The third-order valence-electron chi connectivity index (χ3n) is 4.15. The van der Waals surface area contributed by atoms with E-state index in [0.29, 0.717) is 0 Å². The van der Waals surface area contributed by atoms with Crippen LogP contribution in [0.3, 0.4) is 0 Å². The van der Waals surface area contributed by atoms with E-state index < -0.39 is 5.60 Å². The first-order valence-corrected chi connectivity index (χ1v) is 9.09. The standard InChI is InChI=1S/C17H27BrN4O2/c1-11-14(18)12(2)20-15(19-11)22-9-7-13(8-10-22)21(6)16(23)24-17(3,4)5/h13H,7-10H2,1-6H3. The quantitative estimate of drug-likeness (QED) is 0.759. The number of amides is 1. The van der Waals surface area contributed by atoms with E-state index >= 15 is 0 Å². The van der Waals surface area contributed by atoms with Gasteiger partial charge in [0.05, 0.1) is 15.9 Å². The molecular formula is C17H27BrN4O2. The molecule has 7 heteroatoms. The van der Waals surface area contributed by atoms with Crippen LogP contribution in [0.5, 0.6) is 0 Å². The Kier molecular flexibility index (Phi) is 5.73. The van der Waals surface area contributed by atoms with Crippen molar-refractivity contribution in [1.29, 1.82) is 0 Å². The van der Waals surface area contributed by atoms with Crippen molar-refractivity contribution in [3.63, 3.8) is 0 Å². The summed E-state index contributed by atoms with van der Waals surface area (Å²) >= 11 is 3.50. The van der Waals surface area contributed by atoms with Crippen LogP contribution in [0.25, 0.3) is 0 Å². The molecule has 1 fully saturated rings. The van der Waals surface area contributed by atoms with Crippen molar-refractivity contribution in [2.45, 2.75) is 59.1 Å². The fourth-order valence-electron chi connectivity index (χ4n) is 2.76. The average molecular weight is 399 g/mol. The van der Waals surface area contributed by atoms with Gasteiger partial charge in [0.1, 0.15) is 5.60 Å². The summed E-state index contributed by atoms with van der Waals surface area (Å²) in [7, 11) is 1.82. The van der Waals surface area contributed by atoms with Crippen LogP contribution in [0.15, 0.2) is 4.47 Å². The summed E-state index contributed by atoms with van der Waals surface area (Å²) < 4.78 is 6.42. The lowest BCUT2D eigenvalue weighted by atomic mass is 10.0. The van der Waals surface area contributed by atoms with Gasteiger partial charge >= 0.3 is 6.09 Å². The molecule has 1 aromatic rings. The monoisotopic (exact) mass is 398 g/mol. The van der Waals surface area contributed by atoms with Crippen molar-refractivity contribution in [3.05, 3.63) is 15.9 Å². The second-order valence-corrected chi connectivity index (χ2v) is 8.11. The summed E-state index contributed by atoms with van der Waals surface area (Å²) in [6.07, 6.45) is 1.51. The highest BCUT2D eigenvalue weighted by atomic mass is 79.9. The number of nitrogens with zero attached hydrogens (tertiary/aromatic N) is 4. The number of aromatic nitrogens is 2. The molecule has 2 heterocycles. The lowest BCUT2D eigenvalue weighted by Gasteiger charge is -2.37. The van der Waals surface area contributed by atoms with Crippen LogP contribution >= 0.6 is 15.9 Å². The number of halogens is 1. The molecule has 0 atom stereocenters. The number of carbonyl (C=O) groups is 1.